The van der Waals surface area contributed by atoms with E-state index in [2.05, 4.69) is 57.3 Å². The second kappa shape index (κ2) is 11.4. The molecule has 0 fully saturated rings. The third-order valence-corrected chi connectivity index (χ3v) is 7.11. The largest absolute Gasteiger partial charge is 0.312 e. The molecule has 0 saturated heterocycles. The Hall–Kier alpha value is -3.57. The molecular formula is C31H34N4O. The second-order valence-corrected chi connectivity index (χ2v) is 9.76. The Labute approximate surface area is 213 Å². The van der Waals surface area contributed by atoms with Crippen LogP contribution < -0.4 is 4.90 Å². The summed E-state index contributed by atoms with van der Waals surface area (Å²) in [7, 11) is 0. The summed E-state index contributed by atoms with van der Waals surface area (Å²) in [6, 6.07) is 19.1. The minimum atomic E-state index is 0.103. The Bertz CT molecular complexity index is 1320. The average Bonchev–Trinajstić information content (AvgIpc) is 2.90. The van der Waals surface area contributed by atoms with Gasteiger partial charge < -0.3 is 4.90 Å². The van der Waals surface area contributed by atoms with E-state index in [0.717, 1.165) is 61.2 Å². The summed E-state index contributed by atoms with van der Waals surface area (Å²) >= 11 is 0. The molecule has 3 heterocycles. The van der Waals surface area contributed by atoms with Crippen molar-refractivity contribution in [3.8, 4) is 11.1 Å². The van der Waals surface area contributed by atoms with Crippen LogP contribution in [0.1, 0.15) is 50.2 Å². The number of hydrogen-bond acceptors (Lipinski definition) is 4. The van der Waals surface area contributed by atoms with E-state index in [-0.39, 0.29) is 5.91 Å². The summed E-state index contributed by atoms with van der Waals surface area (Å²) in [5.41, 5.74) is 5.67. The van der Waals surface area contributed by atoms with Crippen LogP contribution in [0.15, 0.2) is 79.4 Å². The summed E-state index contributed by atoms with van der Waals surface area (Å²) in [4.78, 5) is 26.1. The molecule has 0 radical (unpaired) electrons. The third kappa shape index (κ3) is 5.63. The number of nitrogens with zero attached hydrogens (tertiary/aromatic N) is 4. The van der Waals surface area contributed by atoms with E-state index in [1.165, 1.54) is 35.8 Å². The van der Waals surface area contributed by atoms with Crippen molar-refractivity contribution < 1.29 is 4.79 Å². The van der Waals surface area contributed by atoms with Crippen molar-refractivity contribution >= 4 is 22.4 Å². The molecule has 5 heteroatoms. The van der Waals surface area contributed by atoms with Crippen LogP contribution in [0.2, 0.25) is 0 Å². The monoisotopic (exact) mass is 478 g/mol. The first-order valence-corrected chi connectivity index (χ1v) is 13.0. The van der Waals surface area contributed by atoms with Crippen LogP contribution in [0, 0.1) is 0 Å². The highest BCUT2D eigenvalue weighted by molar-refractivity contribution is 5.97. The molecule has 5 nitrogen and oxygen atoms in total. The van der Waals surface area contributed by atoms with Crippen molar-refractivity contribution in [2.24, 2.45) is 0 Å². The maximum Gasteiger partial charge on any atom is 0.223 e. The SMILES string of the molecule is CC(=O)N1CCCCCCCN(Cc2cccnc2)Cc2cc(-c3cncc4ccccc34)ccc21. The average molecular weight is 479 g/mol. The van der Waals surface area contributed by atoms with Gasteiger partial charge in [-0.25, -0.2) is 0 Å². The van der Waals surface area contributed by atoms with Crippen molar-refractivity contribution in [3.63, 3.8) is 0 Å². The molecule has 2 aromatic carbocycles. The molecule has 184 valence electrons. The highest BCUT2D eigenvalue weighted by atomic mass is 16.2. The van der Waals surface area contributed by atoms with E-state index in [1.54, 1.807) is 6.92 Å². The van der Waals surface area contributed by atoms with Crippen LogP contribution >= 0.6 is 0 Å². The van der Waals surface area contributed by atoms with Gasteiger partial charge in [0, 0.05) is 68.0 Å². The van der Waals surface area contributed by atoms with E-state index in [1.807, 2.05) is 41.8 Å². The number of carbonyl (C=O) groups is 1. The minimum absolute atomic E-state index is 0.103. The maximum absolute atomic E-state index is 12.8. The standard InChI is InChI=1S/C31H34N4O/c1-24(36)35-17-8-4-2-3-7-16-34(22-25-10-9-15-32-19-25)23-28-18-26(13-14-31(28)35)30-21-33-20-27-11-5-6-12-29(27)30/h5-6,9-15,18-21H,2-4,7-8,16-17,22-23H2,1H3. The second-order valence-electron chi connectivity index (χ2n) is 9.76. The Balaban J connectivity index is 1.58. The number of fused-ring (bicyclic) bond motifs is 2. The maximum atomic E-state index is 12.8. The molecule has 0 unspecified atom stereocenters. The predicted molar refractivity (Wildman–Crippen MR) is 147 cm³/mol. The molecule has 1 aliphatic heterocycles. The molecule has 0 N–H and O–H groups in total. The highest BCUT2D eigenvalue weighted by Crippen LogP contribution is 2.33. The first-order valence-electron chi connectivity index (χ1n) is 13.0. The van der Waals surface area contributed by atoms with Gasteiger partial charge in [0.15, 0.2) is 0 Å². The van der Waals surface area contributed by atoms with Gasteiger partial charge in [0.25, 0.3) is 0 Å². The zero-order valence-corrected chi connectivity index (χ0v) is 21.1. The quantitative estimate of drug-likeness (QED) is 0.332. The summed E-state index contributed by atoms with van der Waals surface area (Å²) in [6.45, 7) is 5.09. The summed E-state index contributed by atoms with van der Waals surface area (Å²) in [5, 5.41) is 2.32. The van der Waals surface area contributed by atoms with Crippen LogP contribution in [0.3, 0.4) is 0 Å². The Kier molecular flexibility index (Phi) is 7.67. The number of anilines is 1. The van der Waals surface area contributed by atoms with E-state index < -0.39 is 0 Å². The van der Waals surface area contributed by atoms with Gasteiger partial charge in [-0.05, 0) is 59.7 Å². The Morgan fingerprint density at radius 2 is 1.69 bits per heavy atom. The fraction of sp³-hybridized carbons (Fsp3) is 0.323. The Morgan fingerprint density at radius 3 is 2.53 bits per heavy atom. The lowest BCUT2D eigenvalue weighted by molar-refractivity contribution is -0.116. The number of pyridine rings is 2. The number of hydrogen-bond donors (Lipinski definition) is 0. The number of amides is 1. The van der Waals surface area contributed by atoms with Gasteiger partial charge in [-0.2, -0.15) is 0 Å². The molecule has 4 aromatic rings. The van der Waals surface area contributed by atoms with Crippen molar-refractivity contribution in [1.82, 2.24) is 14.9 Å². The summed E-state index contributed by atoms with van der Waals surface area (Å²) in [6.07, 6.45) is 13.5. The molecule has 36 heavy (non-hydrogen) atoms. The lowest BCUT2D eigenvalue weighted by atomic mass is 9.97. The van der Waals surface area contributed by atoms with Gasteiger partial charge >= 0.3 is 0 Å². The zero-order chi connectivity index (χ0) is 24.7. The van der Waals surface area contributed by atoms with Crippen molar-refractivity contribution in [2.75, 3.05) is 18.0 Å². The first kappa shape index (κ1) is 24.1. The fourth-order valence-corrected chi connectivity index (χ4v) is 5.28. The normalized spacial score (nSPS) is 15.6. The van der Waals surface area contributed by atoms with Gasteiger partial charge in [-0.3, -0.25) is 19.7 Å². The van der Waals surface area contributed by atoms with Crippen molar-refractivity contribution in [2.45, 2.75) is 52.1 Å². The van der Waals surface area contributed by atoms with Crippen LogP contribution in [0.25, 0.3) is 21.9 Å². The fourth-order valence-electron chi connectivity index (χ4n) is 5.28. The lowest BCUT2D eigenvalue weighted by Gasteiger charge is -2.29. The molecular weight excluding hydrogens is 444 g/mol. The molecule has 1 amide bonds. The summed E-state index contributed by atoms with van der Waals surface area (Å²) in [5.74, 6) is 0.103. The first-order chi connectivity index (χ1) is 17.7. The molecule has 5 rings (SSSR count). The van der Waals surface area contributed by atoms with Gasteiger partial charge in [-0.15, -0.1) is 0 Å². The van der Waals surface area contributed by atoms with Crippen LogP contribution in [0.4, 0.5) is 5.69 Å². The van der Waals surface area contributed by atoms with Gasteiger partial charge in [-0.1, -0.05) is 55.7 Å². The predicted octanol–water partition coefficient (Wildman–Crippen LogP) is 6.62. The molecule has 0 atom stereocenters. The van der Waals surface area contributed by atoms with E-state index in [0.29, 0.717) is 0 Å². The zero-order valence-electron chi connectivity index (χ0n) is 21.1. The van der Waals surface area contributed by atoms with Gasteiger partial charge in [0.1, 0.15) is 0 Å². The van der Waals surface area contributed by atoms with Gasteiger partial charge in [0.2, 0.25) is 5.91 Å². The molecule has 1 aliphatic rings. The van der Waals surface area contributed by atoms with Crippen molar-refractivity contribution in [3.05, 3.63) is 90.5 Å². The smallest absolute Gasteiger partial charge is 0.223 e. The topological polar surface area (TPSA) is 49.3 Å². The minimum Gasteiger partial charge on any atom is -0.312 e. The molecule has 2 aromatic heterocycles. The number of benzene rings is 2. The van der Waals surface area contributed by atoms with E-state index >= 15 is 0 Å². The number of carbonyl (C=O) groups excluding carboxylic acids is 1. The highest BCUT2D eigenvalue weighted by Gasteiger charge is 2.19. The molecule has 0 spiro atoms. The Morgan fingerprint density at radius 1 is 0.861 bits per heavy atom. The number of aromatic nitrogens is 2. The van der Waals surface area contributed by atoms with Gasteiger partial charge in [0.05, 0.1) is 0 Å². The van der Waals surface area contributed by atoms with E-state index in [4.69, 9.17) is 0 Å². The summed E-state index contributed by atoms with van der Waals surface area (Å²) < 4.78 is 0. The molecule has 0 bridgehead atoms. The number of rotatable bonds is 3. The van der Waals surface area contributed by atoms with E-state index in [9.17, 15) is 4.79 Å². The van der Waals surface area contributed by atoms with Crippen molar-refractivity contribution in [1.29, 1.82) is 0 Å². The van der Waals surface area contributed by atoms with Crippen LogP contribution in [-0.4, -0.2) is 33.9 Å². The third-order valence-electron chi connectivity index (χ3n) is 7.11. The molecule has 0 aliphatic carbocycles. The van der Waals surface area contributed by atoms with Crippen LogP contribution in [0.5, 0.6) is 0 Å². The van der Waals surface area contributed by atoms with Crippen LogP contribution in [-0.2, 0) is 17.9 Å². The molecule has 0 saturated carbocycles. The lowest BCUT2D eigenvalue weighted by Crippen LogP contribution is -2.32.